The molecule has 184 valence electrons. The number of urea groups is 1. The zero-order valence-electron chi connectivity index (χ0n) is 20.1. The van der Waals surface area contributed by atoms with E-state index < -0.39 is 17.8 Å². The average Bonchev–Trinajstić information content (AvgIpc) is 3.22. The Kier molecular flexibility index (Phi) is 6.41. The van der Waals surface area contributed by atoms with E-state index in [0.717, 1.165) is 47.2 Å². The summed E-state index contributed by atoms with van der Waals surface area (Å²) in [7, 11) is 0. The fourth-order valence-electron chi connectivity index (χ4n) is 4.99. The van der Waals surface area contributed by atoms with E-state index >= 15 is 0 Å². The second-order valence-electron chi connectivity index (χ2n) is 9.36. The molecule has 8 heteroatoms. The number of benzene rings is 2. The van der Waals surface area contributed by atoms with Gasteiger partial charge in [-0.3, -0.25) is 24.6 Å². The number of likely N-dealkylation sites (tertiary alicyclic amines) is 1. The van der Waals surface area contributed by atoms with Crippen LogP contribution in [0.1, 0.15) is 37.3 Å². The smallest absolute Gasteiger partial charge is 0.331 e. The van der Waals surface area contributed by atoms with Gasteiger partial charge in [-0.05, 0) is 43.9 Å². The van der Waals surface area contributed by atoms with Gasteiger partial charge in [0.15, 0.2) is 0 Å². The van der Waals surface area contributed by atoms with Crippen molar-refractivity contribution >= 4 is 40.7 Å². The topological polar surface area (TPSA) is 91.7 Å². The van der Waals surface area contributed by atoms with Crippen LogP contribution in [0, 0.1) is 0 Å². The van der Waals surface area contributed by atoms with Crippen LogP contribution in [0.25, 0.3) is 17.0 Å². The van der Waals surface area contributed by atoms with Gasteiger partial charge in [0, 0.05) is 35.2 Å². The van der Waals surface area contributed by atoms with Crippen LogP contribution in [0.4, 0.5) is 4.79 Å². The Balaban J connectivity index is 1.46. The Hall–Kier alpha value is -4.20. The lowest BCUT2D eigenvalue weighted by atomic mass is 10.0. The molecule has 3 aromatic rings. The highest BCUT2D eigenvalue weighted by molar-refractivity contribution is 6.31. The van der Waals surface area contributed by atoms with E-state index in [1.807, 2.05) is 64.1 Å². The molecule has 2 aromatic carbocycles. The van der Waals surface area contributed by atoms with E-state index in [-0.39, 0.29) is 30.6 Å². The maximum Gasteiger partial charge on any atom is 0.331 e. The van der Waals surface area contributed by atoms with Crippen LogP contribution in [-0.2, 0) is 27.5 Å². The molecular formula is C28H28N4O4. The number of amides is 5. The Morgan fingerprint density at radius 1 is 1.03 bits per heavy atom. The predicted octanol–water partition coefficient (Wildman–Crippen LogP) is 3.70. The molecule has 2 fully saturated rings. The number of rotatable bonds is 5. The highest BCUT2D eigenvalue weighted by atomic mass is 16.2. The lowest BCUT2D eigenvalue weighted by Crippen LogP contribution is -2.53. The van der Waals surface area contributed by atoms with Gasteiger partial charge in [-0.1, -0.05) is 48.5 Å². The summed E-state index contributed by atoms with van der Waals surface area (Å²) in [5.74, 6) is -1.33. The Bertz CT molecular complexity index is 1370. The molecule has 0 saturated carbocycles. The summed E-state index contributed by atoms with van der Waals surface area (Å²) in [6.45, 7) is 3.07. The second-order valence-corrected chi connectivity index (χ2v) is 9.36. The van der Waals surface area contributed by atoms with Crippen molar-refractivity contribution in [3.05, 3.63) is 77.5 Å². The van der Waals surface area contributed by atoms with Crippen molar-refractivity contribution in [3.8, 4) is 0 Å². The van der Waals surface area contributed by atoms with Crippen LogP contribution in [0.15, 0.2) is 66.4 Å². The van der Waals surface area contributed by atoms with Crippen molar-refractivity contribution in [2.24, 2.45) is 0 Å². The number of barbiturate groups is 1. The number of imide groups is 2. The Morgan fingerprint density at radius 3 is 2.56 bits per heavy atom. The van der Waals surface area contributed by atoms with E-state index in [1.54, 1.807) is 6.20 Å². The van der Waals surface area contributed by atoms with E-state index in [1.165, 1.54) is 6.08 Å². The SMILES string of the molecule is CC1CCCCN1C(=O)Cn1cc(/C=C2\C(=O)NC(=O)N(Cc3ccccc3)C2=O)c2ccccc21. The average molecular weight is 485 g/mol. The third kappa shape index (κ3) is 4.54. The van der Waals surface area contributed by atoms with Crippen molar-refractivity contribution in [1.82, 2.24) is 19.7 Å². The number of hydrogen-bond donors (Lipinski definition) is 1. The molecule has 0 bridgehead atoms. The maximum atomic E-state index is 13.2. The number of nitrogens with one attached hydrogen (secondary N) is 1. The highest BCUT2D eigenvalue weighted by Gasteiger charge is 2.36. The lowest BCUT2D eigenvalue weighted by Gasteiger charge is -2.33. The van der Waals surface area contributed by atoms with Gasteiger partial charge >= 0.3 is 6.03 Å². The van der Waals surface area contributed by atoms with Gasteiger partial charge in [-0.2, -0.15) is 0 Å². The van der Waals surface area contributed by atoms with Gasteiger partial charge < -0.3 is 9.47 Å². The molecule has 5 rings (SSSR count). The quantitative estimate of drug-likeness (QED) is 0.442. The zero-order chi connectivity index (χ0) is 25.2. The molecule has 2 aliphatic rings. The first-order valence-corrected chi connectivity index (χ1v) is 12.2. The molecule has 1 aromatic heterocycles. The molecule has 1 N–H and O–H groups in total. The molecule has 8 nitrogen and oxygen atoms in total. The van der Waals surface area contributed by atoms with E-state index in [0.29, 0.717) is 5.56 Å². The largest absolute Gasteiger partial charge is 0.338 e. The summed E-state index contributed by atoms with van der Waals surface area (Å²) in [4.78, 5) is 54.4. The van der Waals surface area contributed by atoms with Crippen LogP contribution in [0.5, 0.6) is 0 Å². The van der Waals surface area contributed by atoms with Gasteiger partial charge in [0.05, 0.1) is 6.54 Å². The van der Waals surface area contributed by atoms with E-state index in [2.05, 4.69) is 12.2 Å². The van der Waals surface area contributed by atoms with Gasteiger partial charge in [0.25, 0.3) is 11.8 Å². The molecule has 1 unspecified atom stereocenters. The number of carbonyl (C=O) groups excluding carboxylic acids is 4. The fourth-order valence-corrected chi connectivity index (χ4v) is 4.99. The van der Waals surface area contributed by atoms with Gasteiger partial charge in [0.1, 0.15) is 12.1 Å². The number of para-hydroxylation sites is 1. The van der Waals surface area contributed by atoms with Crippen LogP contribution in [-0.4, -0.2) is 50.7 Å². The minimum absolute atomic E-state index is 0.0493. The first kappa shape index (κ1) is 23.5. The third-order valence-electron chi connectivity index (χ3n) is 6.92. The Morgan fingerprint density at radius 2 is 1.78 bits per heavy atom. The minimum atomic E-state index is -0.741. The van der Waals surface area contributed by atoms with Crippen LogP contribution >= 0.6 is 0 Å². The van der Waals surface area contributed by atoms with Crippen molar-refractivity contribution in [1.29, 1.82) is 0 Å². The third-order valence-corrected chi connectivity index (χ3v) is 6.92. The lowest BCUT2D eigenvalue weighted by molar-refractivity contribution is -0.135. The van der Waals surface area contributed by atoms with Crippen molar-refractivity contribution in [2.45, 2.75) is 45.3 Å². The first-order valence-electron chi connectivity index (χ1n) is 12.2. The number of nitrogens with zero attached hydrogens (tertiary/aromatic N) is 3. The van der Waals surface area contributed by atoms with E-state index in [4.69, 9.17) is 0 Å². The zero-order valence-corrected chi connectivity index (χ0v) is 20.1. The maximum absolute atomic E-state index is 13.2. The molecule has 3 heterocycles. The second kappa shape index (κ2) is 9.81. The number of hydrogen-bond acceptors (Lipinski definition) is 4. The molecule has 0 radical (unpaired) electrons. The van der Waals surface area contributed by atoms with Crippen molar-refractivity contribution in [2.75, 3.05) is 6.54 Å². The predicted molar refractivity (Wildman–Crippen MR) is 135 cm³/mol. The van der Waals surface area contributed by atoms with Gasteiger partial charge in [-0.25, -0.2) is 4.79 Å². The fraction of sp³-hybridized carbons (Fsp3) is 0.286. The number of piperidine rings is 1. The minimum Gasteiger partial charge on any atom is -0.338 e. The number of aromatic nitrogens is 1. The van der Waals surface area contributed by atoms with Gasteiger partial charge in [-0.15, -0.1) is 0 Å². The summed E-state index contributed by atoms with van der Waals surface area (Å²) < 4.78 is 1.86. The van der Waals surface area contributed by atoms with Crippen molar-refractivity contribution in [3.63, 3.8) is 0 Å². The number of carbonyl (C=O) groups is 4. The van der Waals surface area contributed by atoms with Crippen molar-refractivity contribution < 1.29 is 19.2 Å². The summed E-state index contributed by atoms with van der Waals surface area (Å²) in [5.41, 5.74) is 2.13. The van der Waals surface area contributed by atoms with Crippen LogP contribution in [0.3, 0.4) is 0 Å². The molecule has 5 amide bonds. The number of fused-ring (bicyclic) bond motifs is 1. The summed E-state index contributed by atoms with van der Waals surface area (Å²) in [5, 5.41) is 3.09. The molecule has 0 aliphatic carbocycles. The Labute approximate surface area is 209 Å². The summed E-state index contributed by atoms with van der Waals surface area (Å²) >= 11 is 0. The molecule has 1 atom stereocenters. The van der Waals surface area contributed by atoms with Crippen LogP contribution in [0.2, 0.25) is 0 Å². The van der Waals surface area contributed by atoms with E-state index in [9.17, 15) is 19.2 Å². The first-order chi connectivity index (χ1) is 17.4. The molecule has 36 heavy (non-hydrogen) atoms. The van der Waals surface area contributed by atoms with Gasteiger partial charge in [0.2, 0.25) is 5.91 Å². The molecular weight excluding hydrogens is 456 g/mol. The van der Waals surface area contributed by atoms with Crippen LogP contribution < -0.4 is 5.32 Å². The molecule has 0 spiro atoms. The standard InChI is InChI=1S/C28H28N4O4/c1-19-9-7-8-14-31(19)25(33)18-30-17-21(22-12-5-6-13-24(22)30)15-23-26(34)29-28(36)32(27(23)35)16-20-10-3-2-4-11-20/h2-6,10-13,15,17,19H,7-9,14,16,18H2,1H3,(H,29,34,36)/b23-15+. The summed E-state index contributed by atoms with van der Waals surface area (Å²) in [6.07, 6.45) is 6.45. The summed E-state index contributed by atoms with van der Waals surface area (Å²) in [6, 6.07) is 16.2. The molecule has 2 aliphatic heterocycles. The monoisotopic (exact) mass is 484 g/mol. The normalized spacial score (nSPS) is 19.8. The molecule has 2 saturated heterocycles. The highest BCUT2D eigenvalue weighted by Crippen LogP contribution is 2.26.